The van der Waals surface area contributed by atoms with Crippen LogP contribution in [0.1, 0.15) is 12.5 Å². The molecule has 4 aromatic rings. The zero-order chi connectivity index (χ0) is 25.9. The van der Waals surface area contributed by atoms with Crippen LogP contribution in [0.5, 0.6) is 17.2 Å². The van der Waals surface area contributed by atoms with E-state index in [1.807, 2.05) is 11.0 Å². The fourth-order valence-corrected chi connectivity index (χ4v) is 6.31. The summed E-state index contributed by atoms with van der Waals surface area (Å²) in [4.78, 5) is 15.9. The Morgan fingerprint density at radius 2 is 1.76 bits per heavy atom. The van der Waals surface area contributed by atoms with Crippen molar-refractivity contribution in [1.82, 2.24) is 14.4 Å². The minimum atomic E-state index is 0.183. The fourth-order valence-electron chi connectivity index (χ4n) is 6.31. The van der Waals surface area contributed by atoms with Crippen molar-refractivity contribution >= 4 is 16.8 Å². The molecule has 3 aromatic carbocycles. The van der Waals surface area contributed by atoms with Gasteiger partial charge in [0.1, 0.15) is 19.0 Å². The maximum atomic E-state index is 11.5. The third-order valence-electron chi connectivity index (χ3n) is 8.14. The van der Waals surface area contributed by atoms with Crippen LogP contribution in [0.3, 0.4) is 0 Å². The molecule has 1 spiro atoms. The number of carbonyl (C=O) groups excluding carboxylic acids is 1. The van der Waals surface area contributed by atoms with Gasteiger partial charge in [0.25, 0.3) is 0 Å². The summed E-state index contributed by atoms with van der Waals surface area (Å²) in [5.41, 5.74) is 5.96. The average molecular weight is 510 g/mol. The molecule has 0 unspecified atom stereocenters. The predicted octanol–water partition coefficient (Wildman–Crippen LogP) is 4.74. The molecule has 3 aliphatic rings. The van der Waals surface area contributed by atoms with Gasteiger partial charge in [-0.1, -0.05) is 24.3 Å². The van der Waals surface area contributed by atoms with Crippen molar-refractivity contribution in [3.63, 3.8) is 0 Å². The van der Waals surface area contributed by atoms with Crippen molar-refractivity contribution in [3.8, 4) is 34.1 Å². The van der Waals surface area contributed by atoms with Gasteiger partial charge in [0.15, 0.2) is 11.5 Å². The van der Waals surface area contributed by atoms with Crippen molar-refractivity contribution in [2.75, 3.05) is 46.5 Å². The Balaban J connectivity index is 1.13. The Bertz CT molecular complexity index is 1540. The molecule has 2 saturated heterocycles. The second-order valence-electron chi connectivity index (χ2n) is 10.8. The molecule has 0 aliphatic carbocycles. The third kappa shape index (κ3) is 3.80. The topological polar surface area (TPSA) is 56.2 Å². The van der Waals surface area contributed by atoms with Crippen LogP contribution in [0.25, 0.3) is 27.7 Å². The molecule has 7 nitrogen and oxygen atoms in total. The van der Waals surface area contributed by atoms with Crippen molar-refractivity contribution in [1.29, 1.82) is 0 Å². The number of hydrogen-bond donors (Lipinski definition) is 0. The van der Waals surface area contributed by atoms with Crippen LogP contribution in [0, 0.1) is 5.41 Å². The largest absolute Gasteiger partial charge is 0.496 e. The number of amides is 1. The summed E-state index contributed by atoms with van der Waals surface area (Å²) < 4.78 is 19.6. The molecule has 38 heavy (non-hydrogen) atoms. The summed E-state index contributed by atoms with van der Waals surface area (Å²) in [6.45, 7) is 7.53. The molecule has 0 N–H and O–H groups in total. The smallest absolute Gasteiger partial charge is 0.219 e. The number of carbonyl (C=O) groups is 1. The molecule has 1 amide bonds. The highest BCUT2D eigenvalue weighted by Gasteiger charge is 2.52. The summed E-state index contributed by atoms with van der Waals surface area (Å²) in [6.07, 6.45) is 2.12. The van der Waals surface area contributed by atoms with Gasteiger partial charge in [-0.15, -0.1) is 0 Å². The number of rotatable bonds is 5. The zero-order valence-corrected chi connectivity index (χ0v) is 21.8. The van der Waals surface area contributed by atoms with Crippen LogP contribution < -0.4 is 14.2 Å². The first-order valence-electron chi connectivity index (χ1n) is 13.2. The molecular formula is C31H31N3O4. The van der Waals surface area contributed by atoms with Crippen molar-refractivity contribution in [2.24, 2.45) is 5.41 Å². The molecule has 3 aliphatic heterocycles. The average Bonchev–Trinajstić information content (AvgIpc) is 3.33. The van der Waals surface area contributed by atoms with Crippen LogP contribution in [0.15, 0.2) is 66.9 Å². The van der Waals surface area contributed by atoms with E-state index >= 15 is 0 Å². The maximum Gasteiger partial charge on any atom is 0.219 e. The fraction of sp³-hybridized carbons (Fsp3) is 0.323. The summed E-state index contributed by atoms with van der Waals surface area (Å²) in [6, 6.07) is 21.2. The van der Waals surface area contributed by atoms with Gasteiger partial charge >= 0.3 is 0 Å². The first-order valence-corrected chi connectivity index (χ1v) is 13.2. The standard InChI is InChI=1S/C31H31N3O4/c1-21(35)33-19-31(20-33)17-32(18-31)16-23-6-8-24(15-29(23)36-2)34-11-10-26-25(4-3-5-27(26)34)22-7-9-28-30(14-22)38-13-12-37-28/h3-11,14-15H,12-13,16-20H2,1-2H3. The van der Waals surface area contributed by atoms with Gasteiger partial charge in [-0.3, -0.25) is 9.69 Å². The highest BCUT2D eigenvalue weighted by Crippen LogP contribution is 2.41. The number of nitrogens with zero attached hydrogens (tertiary/aromatic N) is 3. The molecular weight excluding hydrogens is 478 g/mol. The minimum Gasteiger partial charge on any atom is -0.496 e. The number of methoxy groups -OCH3 is 1. The molecule has 7 rings (SSSR count). The summed E-state index contributed by atoms with van der Waals surface area (Å²) in [7, 11) is 1.74. The molecule has 0 bridgehead atoms. The summed E-state index contributed by atoms with van der Waals surface area (Å²) in [5, 5.41) is 1.18. The number of ether oxygens (including phenoxy) is 3. The molecule has 4 heterocycles. The molecule has 0 saturated carbocycles. The lowest BCUT2D eigenvalue weighted by Crippen LogP contribution is -2.72. The van der Waals surface area contributed by atoms with E-state index in [9.17, 15) is 4.79 Å². The Kier molecular flexibility index (Phi) is 5.37. The van der Waals surface area contributed by atoms with Gasteiger partial charge in [0.2, 0.25) is 5.91 Å². The van der Waals surface area contributed by atoms with Gasteiger partial charge in [-0.25, -0.2) is 0 Å². The molecule has 2 fully saturated rings. The lowest BCUT2D eigenvalue weighted by molar-refractivity contribution is -0.157. The number of benzene rings is 3. The number of aromatic nitrogens is 1. The molecule has 0 atom stereocenters. The van der Waals surface area contributed by atoms with E-state index in [0.29, 0.717) is 18.6 Å². The van der Waals surface area contributed by atoms with E-state index in [4.69, 9.17) is 14.2 Å². The van der Waals surface area contributed by atoms with Gasteiger partial charge < -0.3 is 23.7 Å². The normalized spacial score (nSPS) is 17.8. The number of hydrogen-bond acceptors (Lipinski definition) is 5. The minimum absolute atomic E-state index is 0.183. The van der Waals surface area contributed by atoms with Gasteiger partial charge in [-0.2, -0.15) is 0 Å². The molecule has 7 heteroatoms. The highest BCUT2D eigenvalue weighted by molar-refractivity contribution is 5.96. The van der Waals surface area contributed by atoms with Crippen molar-refractivity contribution in [3.05, 3.63) is 72.4 Å². The van der Waals surface area contributed by atoms with Crippen LogP contribution in [-0.4, -0.2) is 66.8 Å². The number of likely N-dealkylation sites (tertiary alicyclic amines) is 2. The van der Waals surface area contributed by atoms with E-state index in [2.05, 4.69) is 70.3 Å². The van der Waals surface area contributed by atoms with E-state index in [1.165, 1.54) is 10.9 Å². The van der Waals surface area contributed by atoms with E-state index in [0.717, 1.165) is 72.3 Å². The Morgan fingerprint density at radius 1 is 0.947 bits per heavy atom. The quantitative estimate of drug-likeness (QED) is 0.389. The van der Waals surface area contributed by atoms with Gasteiger partial charge in [0, 0.05) is 74.0 Å². The Labute approximate surface area is 222 Å². The van der Waals surface area contributed by atoms with Crippen LogP contribution in [0.4, 0.5) is 0 Å². The molecule has 0 radical (unpaired) electrons. The summed E-state index contributed by atoms with van der Waals surface area (Å²) >= 11 is 0. The van der Waals surface area contributed by atoms with Crippen LogP contribution >= 0.6 is 0 Å². The van der Waals surface area contributed by atoms with Crippen LogP contribution in [-0.2, 0) is 11.3 Å². The third-order valence-corrected chi connectivity index (χ3v) is 8.14. The van der Waals surface area contributed by atoms with Crippen LogP contribution in [0.2, 0.25) is 0 Å². The first-order chi connectivity index (χ1) is 18.5. The van der Waals surface area contributed by atoms with E-state index in [1.54, 1.807) is 14.0 Å². The van der Waals surface area contributed by atoms with Gasteiger partial charge in [-0.05, 0) is 41.5 Å². The first kappa shape index (κ1) is 23.2. The second-order valence-corrected chi connectivity index (χ2v) is 10.8. The Hall–Kier alpha value is -3.97. The van der Waals surface area contributed by atoms with E-state index in [-0.39, 0.29) is 5.91 Å². The lowest BCUT2D eigenvalue weighted by Gasteiger charge is -2.60. The van der Waals surface area contributed by atoms with Crippen molar-refractivity contribution in [2.45, 2.75) is 13.5 Å². The molecule has 1 aromatic heterocycles. The Morgan fingerprint density at radius 3 is 2.55 bits per heavy atom. The molecule has 194 valence electrons. The van der Waals surface area contributed by atoms with Crippen molar-refractivity contribution < 1.29 is 19.0 Å². The zero-order valence-electron chi connectivity index (χ0n) is 21.8. The predicted molar refractivity (Wildman–Crippen MR) is 146 cm³/mol. The maximum absolute atomic E-state index is 11.5. The SMILES string of the molecule is COc1cc(-n2ccc3c(-c4ccc5c(c4)OCCO5)cccc32)ccc1CN1CC2(C1)CN(C(C)=O)C2. The summed E-state index contributed by atoms with van der Waals surface area (Å²) in [5.74, 6) is 2.68. The van der Waals surface area contributed by atoms with E-state index < -0.39 is 0 Å². The monoisotopic (exact) mass is 509 g/mol. The number of fused-ring (bicyclic) bond motifs is 2. The van der Waals surface area contributed by atoms with Gasteiger partial charge in [0.05, 0.1) is 12.6 Å². The lowest BCUT2D eigenvalue weighted by atomic mass is 9.72. The highest BCUT2D eigenvalue weighted by atomic mass is 16.6. The second kappa shape index (κ2) is 8.81.